The van der Waals surface area contributed by atoms with E-state index in [1.54, 1.807) is 13.8 Å². The zero-order chi connectivity index (χ0) is 22.0. The molecule has 154 valence electrons. The number of hydrazine groups is 1. The summed E-state index contributed by atoms with van der Waals surface area (Å²) in [6, 6.07) is 11.2. The number of carboxylic acids is 1. The maximum Gasteiger partial charge on any atom is 0.335 e. The van der Waals surface area contributed by atoms with Gasteiger partial charge in [-0.15, -0.1) is 0 Å². The number of carbonyl (C=O) groups excluding carboxylic acids is 2. The molecule has 0 atom stereocenters. The van der Waals surface area contributed by atoms with Crippen molar-refractivity contribution in [2.24, 2.45) is 5.10 Å². The van der Waals surface area contributed by atoms with Crippen LogP contribution in [0, 0.1) is 13.8 Å². The first-order valence-electron chi connectivity index (χ1n) is 9.27. The molecule has 1 aliphatic rings. The third kappa shape index (κ3) is 4.07. The van der Waals surface area contributed by atoms with Gasteiger partial charge in [-0.3, -0.25) is 15.0 Å². The average molecular weight is 406 g/mol. The summed E-state index contributed by atoms with van der Waals surface area (Å²) >= 11 is 0. The number of aryl methyl sites for hydroxylation is 2. The quantitative estimate of drug-likeness (QED) is 0.522. The number of rotatable bonds is 5. The van der Waals surface area contributed by atoms with E-state index < -0.39 is 11.9 Å². The highest BCUT2D eigenvalue weighted by molar-refractivity contribution is 6.30. The summed E-state index contributed by atoms with van der Waals surface area (Å²) in [7, 11) is 0. The minimum absolute atomic E-state index is 0.0904. The van der Waals surface area contributed by atoms with Crippen LogP contribution in [0.5, 0.6) is 0 Å². The van der Waals surface area contributed by atoms with E-state index in [4.69, 9.17) is 5.11 Å². The van der Waals surface area contributed by atoms with Gasteiger partial charge in [0.05, 0.1) is 22.5 Å². The van der Waals surface area contributed by atoms with E-state index in [2.05, 4.69) is 16.0 Å². The van der Waals surface area contributed by atoms with Crippen LogP contribution in [0.15, 0.2) is 58.8 Å². The van der Waals surface area contributed by atoms with E-state index in [0.717, 1.165) is 11.1 Å². The zero-order valence-corrected chi connectivity index (χ0v) is 17.1. The first-order chi connectivity index (χ1) is 14.2. The summed E-state index contributed by atoms with van der Waals surface area (Å²) < 4.78 is 0. The third-order valence-electron chi connectivity index (χ3n) is 4.89. The van der Waals surface area contributed by atoms with Crippen molar-refractivity contribution in [3.05, 3.63) is 76.0 Å². The first-order valence-corrected chi connectivity index (χ1v) is 9.27. The number of nitrogens with zero attached hydrogens (tertiary/aromatic N) is 2. The summed E-state index contributed by atoms with van der Waals surface area (Å²) in [6.07, 6.45) is 0. The highest BCUT2D eigenvalue weighted by Gasteiger charge is 2.31. The lowest BCUT2D eigenvalue weighted by Gasteiger charge is -2.15. The summed E-state index contributed by atoms with van der Waals surface area (Å²) in [5, 5.41) is 14.6. The molecule has 0 spiro atoms. The number of allylic oxidation sites excluding steroid dienone is 1. The molecule has 2 amide bonds. The molecular formula is C22H22N4O4. The van der Waals surface area contributed by atoms with Gasteiger partial charge in [0.25, 0.3) is 11.8 Å². The number of nitrogens with one attached hydrogen (secondary N) is 2. The van der Waals surface area contributed by atoms with E-state index >= 15 is 0 Å². The van der Waals surface area contributed by atoms with Crippen molar-refractivity contribution in [1.82, 2.24) is 10.9 Å². The number of benzene rings is 2. The first kappa shape index (κ1) is 20.8. The van der Waals surface area contributed by atoms with Crippen LogP contribution in [0.4, 0.5) is 5.69 Å². The standard InChI is InChI=1S/C22H22N4O4/c1-12-5-10-18(11-13(12)2)26-21(28)19(15(4)25-26)14(3)23-24-20(27)16-6-8-17(9-7-16)22(29)30/h5-11,23H,1-4H3,(H,24,27)(H,29,30). The van der Waals surface area contributed by atoms with Crippen LogP contribution in [0.3, 0.4) is 0 Å². The van der Waals surface area contributed by atoms with Crippen molar-refractivity contribution in [3.63, 3.8) is 0 Å². The van der Waals surface area contributed by atoms with Crippen LogP contribution in [-0.4, -0.2) is 28.6 Å². The normalized spacial score (nSPS) is 15.0. The van der Waals surface area contributed by atoms with Crippen molar-refractivity contribution in [1.29, 1.82) is 0 Å². The molecule has 8 nitrogen and oxygen atoms in total. The predicted octanol–water partition coefficient (Wildman–Crippen LogP) is 2.93. The van der Waals surface area contributed by atoms with Crippen LogP contribution < -0.4 is 15.9 Å². The zero-order valence-electron chi connectivity index (χ0n) is 17.1. The van der Waals surface area contributed by atoms with Crippen LogP contribution in [0.2, 0.25) is 0 Å². The van der Waals surface area contributed by atoms with Crippen molar-refractivity contribution in [2.75, 3.05) is 5.01 Å². The lowest BCUT2D eigenvalue weighted by Crippen LogP contribution is -2.37. The van der Waals surface area contributed by atoms with Crippen molar-refractivity contribution < 1.29 is 19.5 Å². The van der Waals surface area contributed by atoms with Gasteiger partial charge >= 0.3 is 5.97 Å². The van der Waals surface area contributed by atoms with Gasteiger partial charge in [-0.1, -0.05) is 6.07 Å². The molecule has 3 rings (SSSR count). The van der Waals surface area contributed by atoms with Crippen molar-refractivity contribution in [2.45, 2.75) is 27.7 Å². The van der Waals surface area contributed by atoms with Crippen LogP contribution >= 0.6 is 0 Å². The Morgan fingerprint density at radius 1 is 0.933 bits per heavy atom. The molecule has 0 unspecified atom stereocenters. The Morgan fingerprint density at radius 3 is 2.17 bits per heavy atom. The Bertz CT molecular complexity index is 1100. The second-order valence-corrected chi connectivity index (χ2v) is 7.03. The lowest BCUT2D eigenvalue weighted by molar-refractivity contribution is -0.114. The molecule has 0 saturated carbocycles. The number of hydrazone groups is 1. The highest BCUT2D eigenvalue weighted by Crippen LogP contribution is 2.26. The smallest absolute Gasteiger partial charge is 0.335 e. The lowest BCUT2D eigenvalue weighted by atomic mass is 10.1. The highest BCUT2D eigenvalue weighted by atomic mass is 16.4. The SMILES string of the molecule is CC1=NN(c2ccc(C)c(C)c2)C(=O)C1=C(C)NNC(=O)c1ccc(C(=O)O)cc1. The van der Waals surface area contributed by atoms with E-state index in [9.17, 15) is 14.4 Å². The summed E-state index contributed by atoms with van der Waals surface area (Å²) in [5.74, 6) is -1.82. The summed E-state index contributed by atoms with van der Waals surface area (Å²) in [6.45, 7) is 7.37. The fourth-order valence-electron chi connectivity index (χ4n) is 3.02. The molecule has 0 bridgehead atoms. The van der Waals surface area contributed by atoms with Gasteiger partial charge in [0.1, 0.15) is 0 Å². The number of amides is 2. The molecule has 1 aliphatic heterocycles. The topological polar surface area (TPSA) is 111 Å². The third-order valence-corrected chi connectivity index (χ3v) is 4.89. The number of hydrogen-bond acceptors (Lipinski definition) is 5. The summed E-state index contributed by atoms with van der Waals surface area (Å²) in [5.41, 5.74) is 9.84. The van der Waals surface area contributed by atoms with Gasteiger partial charge in [0, 0.05) is 11.3 Å². The van der Waals surface area contributed by atoms with Gasteiger partial charge in [-0.2, -0.15) is 10.1 Å². The molecule has 0 aromatic heterocycles. The molecule has 1 heterocycles. The maximum atomic E-state index is 12.9. The van der Waals surface area contributed by atoms with E-state index in [0.29, 0.717) is 22.7 Å². The predicted molar refractivity (Wildman–Crippen MR) is 113 cm³/mol. The Morgan fingerprint density at radius 2 is 1.57 bits per heavy atom. The molecule has 2 aromatic carbocycles. The van der Waals surface area contributed by atoms with Crippen molar-refractivity contribution >= 4 is 29.2 Å². The number of carbonyl (C=O) groups is 3. The minimum Gasteiger partial charge on any atom is -0.478 e. The molecule has 0 fully saturated rings. The minimum atomic E-state index is -1.07. The maximum absolute atomic E-state index is 12.9. The van der Waals surface area contributed by atoms with Gasteiger partial charge in [-0.25, -0.2) is 4.79 Å². The number of anilines is 1. The molecular weight excluding hydrogens is 384 g/mol. The molecule has 8 heteroatoms. The molecule has 3 N–H and O–H groups in total. The fraction of sp³-hybridized carbons (Fsp3) is 0.182. The van der Waals surface area contributed by atoms with Gasteiger partial charge in [0.2, 0.25) is 0 Å². The van der Waals surface area contributed by atoms with Gasteiger partial charge in [0.15, 0.2) is 0 Å². The van der Waals surface area contributed by atoms with E-state index in [-0.39, 0.29) is 17.0 Å². The van der Waals surface area contributed by atoms with E-state index in [1.165, 1.54) is 29.3 Å². The second kappa shape index (κ2) is 8.20. The number of carboxylic acid groups (broad SMARTS) is 1. The molecule has 0 aliphatic carbocycles. The number of hydrogen-bond donors (Lipinski definition) is 3. The molecule has 0 radical (unpaired) electrons. The van der Waals surface area contributed by atoms with Gasteiger partial charge < -0.3 is 10.5 Å². The summed E-state index contributed by atoms with van der Waals surface area (Å²) in [4.78, 5) is 36.1. The average Bonchev–Trinajstić information content (AvgIpc) is 3.02. The Hall–Kier alpha value is -3.94. The van der Waals surface area contributed by atoms with Crippen LogP contribution in [-0.2, 0) is 4.79 Å². The molecule has 30 heavy (non-hydrogen) atoms. The van der Waals surface area contributed by atoms with Gasteiger partial charge in [-0.05, 0) is 75.2 Å². The van der Waals surface area contributed by atoms with E-state index in [1.807, 2.05) is 32.0 Å². The molecule has 2 aromatic rings. The second-order valence-electron chi connectivity index (χ2n) is 7.03. The van der Waals surface area contributed by atoms with Crippen LogP contribution in [0.1, 0.15) is 45.7 Å². The van der Waals surface area contributed by atoms with Crippen molar-refractivity contribution in [3.8, 4) is 0 Å². The monoisotopic (exact) mass is 406 g/mol. The Labute approximate surface area is 173 Å². The largest absolute Gasteiger partial charge is 0.478 e. The Kier molecular flexibility index (Phi) is 5.68. The fourth-order valence-corrected chi connectivity index (χ4v) is 3.02. The van der Waals surface area contributed by atoms with Crippen LogP contribution in [0.25, 0.3) is 0 Å². The Balaban J connectivity index is 1.73. The number of aromatic carboxylic acids is 1. The molecule has 0 saturated heterocycles.